The summed E-state index contributed by atoms with van der Waals surface area (Å²) >= 11 is 0. The van der Waals surface area contributed by atoms with Crippen molar-refractivity contribution in [3.05, 3.63) is 47.5 Å². The van der Waals surface area contributed by atoms with Gasteiger partial charge < -0.3 is 5.73 Å². The highest BCUT2D eigenvalue weighted by Gasteiger charge is 2.40. The Hall–Kier alpha value is -2.83. The van der Waals surface area contributed by atoms with Gasteiger partial charge in [0.2, 0.25) is 0 Å². The van der Waals surface area contributed by atoms with E-state index in [0.717, 1.165) is 43.8 Å². The van der Waals surface area contributed by atoms with Gasteiger partial charge in [-0.05, 0) is 46.0 Å². The molecule has 2 heterocycles. The van der Waals surface area contributed by atoms with Crippen LogP contribution in [0.3, 0.4) is 0 Å². The number of tetrazole rings is 1. The molecule has 1 saturated carbocycles. The minimum absolute atomic E-state index is 0.154. The van der Waals surface area contributed by atoms with Crippen LogP contribution < -0.4 is 5.73 Å². The average molecular weight is 493 g/mol. The van der Waals surface area contributed by atoms with Crippen LogP contribution in [0.5, 0.6) is 0 Å². The van der Waals surface area contributed by atoms with Crippen molar-refractivity contribution < 1.29 is 21.6 Å². The van der Waals surface area contributed by atoms with Crippen LogP contribution in [-0.4, -0.2) is 65.4 Å². The van der Waals surface area contributed by atoms with Gasteiger partial charge >= 0.3 is 6.18 Å². The number of likely N-dealkylation sites (tertiary alicyclic amines) is 1. The maximum absolute atomic E-state index is 13.7. The number of halogens is 3. The van der Waals surface area contributed by atoms with Gasteiger partial charge in [0, 0.05) is 42.9 Å². The maximum atomic E-state index is 13.7. The Balaban J connectivity index is 1.52. The lowest BCUT2D eigenvalue weighted by molar-refractivity contribution is -0.139. The van der Waals surface area contributed by atoms with E-state index in [1.54, 1.807) is 12.1 Å². The summed E-state index contributed by atoms with van der Waals surface area (Å²) < 4.78 is 66.2. The molecule has 0 radical (unpaired) electrons. The Kier molecular flexibility index (Phi) is 5.49. The topological polar surface area (TPSA) is 118 Å². The second-order valence-electron chi connectivity index (χ2n) is 9.04. The van der Waals surface area contributed by atoms with Crippen LogP contribution in [0.25, 0.3) is 22.5 Å². The molecule has 0 spiro atoms. The Morgan fingerprint density at radius 1 is 1.09 bits per heavy atom. The van der Waals surface area contributed by atoms with E-state index in [1.807, 2.05) is 12.1 Å². The third kappa shape index (κ3) is 4.10. The Labute approximate surface area is 194 Å². The largest absolute Gasteiger partial charge is 0.417 e. The second-order valence-corrected chi connectivity index (χ2v) is 11.0. The molecule has 0 bridgehead atoms. The molecule has 12 heteroatoms. The predicted octanol–water partition coefficient (Wildman–Crippen LogP) is 2.84. The minimum Gasteiger partial charge on any atom is -0.328 e. The van der Waals surface area contributed by atoms with Crippen LogP contribution in [0, 0.1) is 0 Å². The number of nitrogens with two attached hydrogens (primary N) is 1. The molecular formula is C22H23F3N6O2S. The zero-order valence-electron chi connectivity index (χ0n) is 18.2. The van der Waals surface area contributed by atoms with Crippen molar-refractivity contribution in [2.75, 3.05) is 19.3 Å². The van der Waals surface area contributed by atoms with Crippen molar-refractivity contribution >= 4 is 9.84 Å². The molecule has 2 fully saturated rings. The molecule has 34 heavy (non-hydrogen) atoms. The molecule has 180 valence electrons. The zero-order chi connectivity index (χ0) is 24.3. The molecule has 0 atom stereocenters. The van der Waals surface area contributed by atoms with E-state index in [0.29, 0.717) is 23.6 Å². The minimum atomic E-state index is -4.87. The summed E-state index contributed by atoms with van der Waals surface area (Å²) in [5, 5.41) is 13.0. The number of aromatic nitrogens is 4. The fourth-order valence-corrected chi connectivity index (χ4v) is 5.98. The summed E-state index contributed by atoms with van der Waals surface area (Å²) in [7, 11) is -4.29. The van der Waals surface area contributed by atoms with E-state index in [9.17, 15) is 21.6 Å². The van der Waals surface area contributed by atoms with Crippen molar-refractivity contribution in [3.63, 3.8) is 0 Å². The maximum Gasteiger partial charge on any atom is 0.417 e. The van der Waals surface area contributed by atoms with E-state index in [-0.39, 0.29) is 17.0 Å². The molecule has 8 nitrogen and oxygen atoms in total. The van der Waals surface area contributed by atoms with Crippen LogP contribution in [0.1, 0.15) is 29.9 Å². The highest BCUT2D eigenvalue weighted by Crippen LogP contribution is 2.43. The number of rotatable bonds is 5. The van der Waals surface area contributed by atoms with Crippen molar-refractivity contribution in [2.45, 2.75) is 41.9 Å². The number of hydrogen-bond donors (Lipinski definition) is 2. The summed E-state index contributed by atoms with van der Waals surface area (Å²) in [6, 6.07) is 10.4. The number of sulfone groups is 1. The average Bonchev–Trinajstić information content (AvgIpc) is 3.24. The molecule has 0 amide bonds. The third-order valence-corrected chi connectivity index (χ3v) is 7.85. The SMILES string of the molecule is CS(=O)(=O)c1c(C(F)(F)F)ccc(-c2ccc(C3CN(C4CC(N)C4)C3)cc2)c1-c1nnn[nH]1. The van der Waals surface area contributed by atoms with Gasteiger partial charge in [0.15, 0.2) is 15.7 Å². The number of aromatic amines is 1. The van der Waals surface area contributed by atoms with Crippen molar-refractivity contribution in [3.8, 4) is 22.5 Å². The van der Waals surface area contributed by atoms with E-state index in [1.165, 1.54) is 6.07 Å². The molecule has 1 aromatic heterocycles. The Morgan fingerprint density at radius 2 is 1.76 bits per heavy atom. The molecule has 3 N–H and O–H groups in total. The quantitative estimate of drug-likeness (QED) is 0.562. The standard InChI is InChI=1S/C22H23F3N6O2S/c1-34(32,33)20-18(22(23,24)25)7-6-17(19(20)21-27-29-30-28-21)13-4-2-12(3-5-13)14-10-31(11-14)16-8-15(26)9-16/h2-7,14-16H,8-11,26H2,1H3,(H,27,28,29,30). The van der Waals surface area contributed by atoms with Gasteiger partial charge in [0.05, 0.1) is 10.5 Å². The Morgan fingerprint density at radius 3 is 2.29 bits per heavy atom. The van der Waals surface area contributed by atoms with Gasteiger partial charge in [-0.2, -0.15) is 13.2 Å². The van der Waals surface area contributed by atoms with Crippen LogP contribution in [0.2, 0.25) is 0 Å². The molecule has 0 unspecified atom stereocenters. The molecule has 1 aliphatic carbocycles. The first-order chi connectivity index (χ1) is 16.0. The molecule has 5 rings (SSSR count). The van der Waals surface area contributed by atoms with Crippen LogP contribution in [0.15, 0.2) is 41.3 Å². The number of nitrogens with one attached hydrogen (secondary N) is 1. The predicted molar refractivity (Wildman–Crippen MR) is 118 cm³/mol. The number of hydrogen-bond acceptors (Lipinski definition) is 7. The van der Waals surface area contributed by atoms with Crippen LogP contribution in [-0.2, 0) is 16.0 Å². The summed E-state index contributed by atoms with van der Waals surface area (Å²) in [5.74, 6) is 0.224. The van der Waals surface area contributed by atoms with Gasteiger partial charge in [-0.3, -0.25) is 4.90 Å². The van der Waals surface area contributed by atoms with Crippen molar-refractivity contribution in [2.24, 2.45) is 5.73 Å². The van der Waals surface area contributed by atoms with E-state index < -0.39 is 26.5 Å². The smallest absolute Gasteiger partial charge is 0.328 e. The van der Waals surface area contributed by atoms with Gasteiger partial charge in [-0.15, -0.1) is 5.10 Å². The number of H-pyrrole nitrogens is 1. The lowest BCUT2D eigenvalue weighted by Crippen LogP contribution is -2.58. The normalized spacial score (nSPS) is 21.8. The third-order valence-electron chi connectivity index (χ3n) is 6.68. The lowest BCUT2D eigenvalue weighted by Gasteiger charge is -2.50. The van der Waals surface area contributed by atoms with Gasteiger partial charge in [-0.1, -0.05) is 30.3 Å². The first kappa shape index (κ1) is 22.9. The first-order valence-corrected chi connectivity index (χ1v) is 12.7. The number of nitrogens with zero attached hydrogens (tertiary/aromatic N) is 4. The molecule has 1 saturated heterocycles. The van der Waals surface area contributed by atoms with E-state index >= 15 is 0 Å². The first-order valence-electron chi connectivity index (χ1n) is 10.8. The van der Waals surface area contributed by atoms with Gasteiger partial charge in [0.1, 0.15) is 0 Å². The monoisotopic (exact) mass is 492 g/mol. The van der Waals surface area contributed by atoms with Crippen molar-refractivity contribution in [1.29, 1.82) is 0 Å². The van der Waals surface area contributed by atoms with Crippen molar-refractivity contribution in [1.82, 2.24) is 25.5 Å². The highest BCUT2D eigenvalue weighted by atomic mass is 32.2. The fraction of sp³-hybridized carbons (Fsp3) is 0.409. The lowest BCUT2D eigenvalue weighted by atomic mass is 9.81. The molecule has 1 aliphatic heterocycles. The molecule has 2 aromatic carbocycles. The summed E-state index contributed by atoms with van der Waals surface area (Å²) in [5.41, 5.74) is 6.40. The Bertz CT molecular complexity index is 1300. The number of benzene rings is 2. The fourth-order valence-electron chi connectivity index (χ4n) is 4.82. The van der Waals surface area contributed by atoms with E-state index in [2.05, 4.69) is 25.5 Å². The van der Waals surface area contributed by atoms with Crippen LogP contribution >= 0.6 is 0 Å². The number of alkyl halides is 3. The van der Waals surface area contributed by atoms with Gasteiger partial charge in [0.25, 0.3) is 0 Å². The molecule has 3 aromatic rings. The highest BCUT2D eigenvalue weighted by molar-refractivity contribution is 7.91. The summed E-state index contributed by atoms with van der Waals surface area (Å²) in [4.78, 5) is 1.57. The molecular weight excluding hydrogens is 469 g/mol. The van der Waals surface area contributed by atoms with E-state index in [4.69, 9.17) is 5.73 Å². The summed E-state index contributed by atoms with van der Waals surface area (Å²) in [6.45, 7) is 1.90. The zero-order valence-corrected chi connectivity index (χ0v) is 19.1. The van der Waals surface area contributed by atoms with Crippen LogP contribution in [0.4, 0.5) is 13.2 Å². The molecule has 2 aliphatic rings. The second kappa shape index (κ2) is 8.14. The summed E-state index contributed by atoms with van der Waals surface area (Å²) in [6.07, 6.45) is -2.07. The van der Waals surface area contributed by atoms with Gasteiger partial charge in [-0.25, -0.2) is 13.5 Å².